The van der Waals surface area contributed by atoms with E-state index in [1.54, 1.807) is 23.0 Å². The van der Waals surface area contributed by atoms with Crippen LogP contribution in [-0.2, 0) is 0 Å². The zero-order chi connectivity index (χ0) is 12.5. The summed E-state index contributed by atoms with van der Waals surface area (Å²) in [6.45, 7) is 1.75. The molecule has 94 valence electrons. The maximum atomic E-state index is 12.6. The summed E-state index contributed by atoms with van der Waals surface area (Å²) in [5, 5.41) is 11.2. The Labute approximate surface area is 103 Å². The standard InChI is InChI=1S/C12H12F2N4/c13-12(14)9-3-1-2-8(4-9)11-7-18(17-16-11)10-5-15-6-10/h1-4,7,10,12,15H,5-6H2. The second kappa shape index (κ2) is 4.45. The summed E-state index contributed by atoms with van der Waals surface area (Å²) >= 11 is 0. The number of alkyl halides is 2. The SMILES string of the molecule is FC(F)c1cccc(-c2cn(C3CNC3)nn2)c1. The van der Waals surface area contributed by atoms with Crippen LogP contribution >= 0.6 is 0 Å². The van der Waals surface area contributed by atoms with E-state index in [0.29, 0.717) is 17.3 Å². The van der Waals surface area contributed by atoms with Crippen molar-refractivity contribution in [3.05, 3.63) is 36.0 Å². The number of benzene rings is 1. The molecule has 0 unspecified atom stereocenters. The molecule has 0 spiro atoms. The fourth-order valence-electron chi connectivity index (χ4n) is 1.88. The summed E-state index contributed by atoms with van der Waals surface area (Å²) in [6.07, 6.45) is -0.661. The van der Waals surface area contributed by atoms with Crippen LogP contribution in [0.15, 0.2) is 30.5 Å². The van der Waals surface area contributed by atoms with E-state index in [4.69, 9.17) is 0 Å². The van der Waals surface area contributed by atoms with Crippen LogP contribution < -0.4 is 5.32 Å². The molecule has 1 saturated heterocycles. The smallest absolute Gasteiger partial charge is 0.263 e. The number of halogens is 2. The fourth-order valence-corrected chi connectivity index (χ4v) is 1.88. The number of nitrogens with zero attached hydrogens (tertiary/aromatic N) is 3. The number of rotatable bonds is 3. The van der Waals surface area contributed by atoms with Gasteiger partial charge in [0.05, 0.1) is 12.2 Å². The predicted octanol–water partition coefficient (Wildman–Crippen LogP) is 2.03. The van der Waals surface area contributed by atoms with Gasteiger partial charge in [-0.15, -0.1) is 5.10 Å². The molecule has 0 atom stereocenters. The Morgan fingerprint density at radius 1 is 1.33 bits per heavy atom. The minimum absolute atomic E-state index is 0.00682. The summed E-state index contributed by atoms with van der Waals surface area (Å²) in [5.74, 6) is 0. The van der Waals surface area contributed by atoms with Gasteiger partial charge in [-0.1, -0.05) is 23.4 Å². The number of aromatic nitrogens is 3. The van der Waals surface area contributed by atoms with Crippen molar-refractivity contribution in [2.45, 2.75) is 12.5 Å². The van der Waals surface area contributed by atoms with Crippen LogP contribution in [0.5, 0.6) is 0 Å². The third-order valence-electron chi connectivity index (χ3n) is 3.08. The van der Waals surface area contributed by atoms with E-state index in [2.05, 4.69) is 15.6 Å². The molecule has 0 aliphatic carbocycles. The van der Waals surface area contributed by atoms with E-state index >= 15 is 0 Å². The first kappa shape index (κ1) is 11.3. The van der Waals surface area contributed by atoms with Gasteiger partial charge in [-0.05, 0) is 6.07 Å². The Morgan fingerprint density at radius 2 is 2.17 bits per heavy atom. The van der Waals surface area contributed by atoms with E-state index in [1.165, 1.54) is 12.1 Å². The molecular formula is C12H12F2N4. The molecule has 6 heteroatoms. The lowest BCUT2D eigenvalue weighted by molar-refractivity contribution is 0.151. The molecule has 4 nitrogen and oxygen atoms in total. The molecule has 1 aromatic carbocycles. The van der Waals surface area contributed by atoms with Crippen molar-refractivity contribution in [2.75, 3.05) is 13.1 Å². The molecule has 2 heterocycles. The van der Waals surface area contributed by atoms with Crippen molar-refractivity contribution in [1.82, 2.24) is 20.3 Å². The highest BCUT2D eigenvalue weighted by Gasteiger charge is 2.20. The third kappa shape index (κ3) is 1.99. The maximum absolute atomic E-state index is 12.6. The first-order valence-electron chi connectivity index (χ1n) is 5.75. The summed E-state index contributed by atoms with van der Waals surface area (Å²) in [4.78, 5) is 0. The van der Waals surface area contributed by atoms with Crippen molar-refractivity contribution < 1.29 is 8.78 Å². The predicted molar refractivity (Wildman–Crippen MR) is 62.3 cm³/mol. The maximum Gasteiger partial charge on any atom is 0.263 e. The normalized spacial score (nSPS) is 15.9. The Kier molecular flexibility index (Phi) is 2.79. The van der Waals surface area contributed by atoms with E-state index in [-0.39, 0.29) is 5.56 Å². The highest BCUT2D eigenvalue weighted by Crippen LogP contribution is 2.25. The first-order valence-corrected chi connectivity index (χ1v) is 5.75. The van der Waals surface area contributed by atoms with Crippen molar-refractivity contribution in [1.29, 1.82) is 0 Å². The molecule has 1 aliphatic heterocycles. The number of nitrogens with one attached hydrogen (secondary N) is 1. The van der Waals surface area contributed by atoms with Crippen LogP contribution in [0, 0.1) is 0 Å². The van der Waals surface area contributed by atoms with Gasteiger partial charge in [0.2, 0.25) is 0 Å². The molecule has 3 rings (SSSR count). The van der Waals surface area contributed by atoms with Gasteiger partial charge in [-0.2, -0.15) is 0 Å². The van der Waals surface area contributed by atoms with Crippen molar-refractivity contribution in [3.63, 3.8) is 0 Å². The lowest BCUT2D eigenvalue weighted by Crippen LogP contribution is -2.43. The zero-order valence-electron chi connectivity index (χ0n) is 9.55. The third-order valence-corrected chi connectivity index (χ3v) is 3.08. The van der Waals surface area contributed by atoms with Gasteiger partial charge in [-0.25, -0.2) is 13.5 Å². The number of hydrogen-bond acceptors (Lipinski definition) is 3. The summed E-state index contributed by atoms with van der Waals surface area (Å²) in [7, 11) is 0. The average molecular weight is 250 g/mol. The quantitative estimate of drug-likeness (QED) is 0.906. The van der Waals surface area contributed by atoms with Crippen molar-refractivity contribution >= 4 is 0 Å². The molecule has 0 radical (unpaired) electrons. The van der Waals surface area contributed by atoms with Crippen LogP contribution in [0.2, 0.25) is 0 Å². The molecule has 0 saturated carbocycles. The van der Waals surface area contributed by atoms with E-state index < -0.39 is 6.43 Å². The van der Waals surface area contributed by atoms with Crippen LogP contribution in [0.4, 0.5) is 8.78 Å². The molecule has 1 fully saturated rings. The van der Waals surface area contributed by atoms with Gasteiger partial charge in [0.15, 0.2) is 0 Å². The Hall–Kier alpha value is -1.82. The molecule has 1 aliphatic rings. The minimum Gasteiger partial charge on any atom is -0.312 e. The van der Waals surface area contributed by atoms with Gasteiger partial charge < -0.3 is 5.32 Å². The van der Waals surface area contributed by atoms with Crippen LogP contribution in [0.3, 0.4) is 0 Å². The second-order valence-corrected chi connectivity index (χ2v) is 4.32. The molecule has 2 aromatic rings. The lowest BCUT2D eigenvalue weighted by atomic mass is 10.1. The van der Waals surface area contributed by atoms with Gasteiger partial charge in [-0.3, -0.25) is 0 Å². The Balaban J connectivity index is 1.89. The van der Waals surface area contributed by atoms with Gasteiger partial charge in [0.25, 0.3) is 6.43 Å². The largest absolute Gasteiger partial charge is 0.312 e. The van der Waals surface area contributed by atoms with Gasteiger partial charge in [0, 0.05) is 24.2 Å². The lowest BCUT2D eigenvalue weighted by Gasteiger charge is -2.26. The van der Waals surface area contributed by atoms with Crippen LogP contribution in [0.1, 0.15) is 18.0 Å². The van der Waals surface area contributed by atoms with Crippen molar-refractivity contribution in [3.8, 4) is 11.3 Å². The van der Waals surface area contributed by atoms with E-state index in [0.717, 1.165) is 13.1 Å². The molecule has 1 aromatic heterocycles. The average Bonchev–Trinajstić information content (AvgIpc) is 2.76. The molecular weight excluding hydrogens is 238 g/mol. The first-order chi connectivity index (χ1) is 8.74. The van der Waals surface area contributed by atoms with Crippen molar-refractivity contribution in [2.24, 2.45) is 0 Å². The monoisotopic (exact) mass is 250 g/mol. The minimum atomic E-state index is -2.46. The number of hydrogen-bond donors (Lipinski definition) is 1. The van der Waals surface area contributed by atoms with E-state index in [1.807, 2.05) is 0 Å². The highest BCUT2D eigenvalue weighted by atomic mass is 19.3. The molecule has 18 heavy (non-hydrogen) atoms. The zero-order valence-corrected chi connectivity index (χ0v) is 9.55. The summed E-state index contributed by atoms with van der Waals surface area (Å²) < 4.78 is 27.0. The fraction of sp³-hybridized carbons (Fsp3) is 0.333. The topological polar surface area (TPSA) is 42.7 Å². The van der Waals surface area contributed by atoms with Crippen LogP contribution in [0.25, 0.3) is 11.3 Å². The van der Waals surface area contributed by atoms with Gasteiger partial charge in [0.1, 0.15) is 5.69 Å². The van der Waals surface area contributed by atoms with Crippen LogP contribution in [-0.4, -0.2) is 28.1 Å². The Morgan fingerprint density at radius 3 is 2.83 bits per heavy atom. The highest BCUT2D eigenvalue weighted by molar-refractivity contribution is 5.58. The summed E-state index contributed by atoms with van der Waals surface area (Å²) in [5.41, 5.74) is 1.31. The Bertz CT molecular complexity index is 549. The summed E-state index contributed by atoms with van der Waals surface area (Å²) in [6, 6.07) is 6.57. The van der Waals surface area contributed by atoms with E-state index in [9.17, 15) is 8.78 Å². The molecule has 0 amide bonds. The molecule has 1 N–H and O–H groups in total. The molecule has 0 bridgehead atoms. The van der Waals surface area contributed by atoms with Gasteiger partial charge >= 0.3 is 0 Å². The second-order valence-electron chi connectivity index (χ2n) is 4.32.